The summed E-state index contributed by atoms with van der Waals surface area (Å²) >= 11 is 0. The van der Waals surface area contributed by atoms with Crippen LogP contribution in [0.4, 0.5) is 0 Å². The molecule has 0 atom stereocenters. The van der Waals surface area contributed by atoms with Gasteiger partial charge >= 0.3 is 0 Å². The van der Waals surface area contributed by atoms with Gasteiger partial charge < -0.3 is 15.6 Å². The standard InChI is InChI=1S/C13H22N2O2/c1-3-4-5-6-7-17-13-10-15(2)11(9-14)8-12(13)16/h8,10H,3-7,9,14H2,1-2H3/p+1. The molecule has 0 aliphatic carbocycles. The zero-order valence-electron chi connectivity index (χ0n) is 10.8. The number of aromatic hydroxyl groups is 1. The van der Waals surface area contributed by atoms with Gasteiger partial charge in [-0.3, -0.25) is 0 Å². The molecule has 4 nitrogen and oxygen atoms in total. The van der Waals surface area contributed by atoms with Crippen LogP contribution in [0.15, 0.2) is 12.3 Å². The maximum absolute atomic E-state index is 9.76. The molecule has 0 aromatic carbocycles. The molecule has 0 amide bonds. The number of pyridine rings is 1. The van der Waals surface area contributed by atoms with Crippen molar-refractivity contribution in [2.45, 2.75) is 39.2 Å². The summed E-state index contributed by atoms with van der Waals surface area (Å²) in [6, 6.07) is 1.65. The molecule has 0 unspecified atom stereocenters. The number of aromatic nitrogens is 1. The second kappa shape index (κ2) is 7.12. The van der Waals surface area contributed by atoms with E-state index >= 15 is 0 Å². The van der Waals surface area contributed by atoms with E-state index in [1.165, 1.54) is 19.3 Å². The molecule has 0 fully saturated rings. The number of unbranched alkanes of at least 4 members (excludes halogenated alkanes) is 3. The Bertz CT molecular complexity index is 354. The Morgan fingerprint density at radius 2 is 2.12 bits per heavy atom. The van der Waals surface area contributed by atoms with E-state index in [2.05, 4.69) is 6.92 Å². The first-order chi connectivity index (χ1) is 8.19. The van der Waals surface area contributed by atoms with Crippen LogP contribution in [-0.4, -0.2) is 11.7 Å². The normalized spacial score (nSPS) is 10.5. The van der Waals surface area contributed by atoms with Gasteiger partial charge in [0, 0.05) is 0 Å². The van der Waals surface area contributed by atoms with Crippen LogP contribution in [0.25, 0.3) is 0 Å². The molecule has 0 saturated heterocycles. The van der Waals surface area contributed by atoms with Crippen molar-refractivity contribution in [3.8, 4) is 11.5 Å². The minimum Gasteiger partial charge on any atom is -0.504 e. The van der Waals surface area contributed by atoms with Gasteiger partial charge in [0.15, 0.2) is 11.4 Å². The van der Waals surface area contributed by atoms with Crippen LogP contribution < -0.4 is 15.0 Å². The molecule has 0 bridgehead atoms. The van der Waals surface area contributed by atoms with Gasteiger partial charge in [-0.05, 0) is 6.42 Å². The molecule has 1 rings (SSSR count). The molecule has 1 aromatic rings. The first-order valence-electron chi connectivity index (χ1n) is 6.23. The first kappa shape index (κ1) is 13.8. The Morgan fingerprint density at radius 1 is 1.35 bits per heavy atom. The smallest absolute Gasteiger partial charge is 0.225 e. The molecule has 0 spiro atoms. The molecular weight excluding hydrogens is 216 g/mol. The highest BCUT2D eigenvalue weighted by Crippen LogP contribution is 2.24. The molecule has 1 heterocycles. The molecule has 96 valence electrons. The van der Waals surface area contributed by atoms with Gasteiger partial charge in [0.2, 0.25) is 11.9 Å². The summed E-state index contributed by atoms with van der Waals surface area (Å²) in [4.78, 5) is 0. The minimum absolute atomic E-state index is 0.166. The van der Waals surface area contributed by atoms with E-state index < -0.39 is 0 Å². The molecule has 1 aromatic heterocycles. The summed E-state index contributed by atoms with van der Waals surface area (Å²) < 4.78 is 7.43. The van der Waals surface area contributed by atoms with Gasteiger partial charge in [-0.2, -0.15) is 0 Å². The van der Waals surface area contributed by atoms with Gasteiger partial charge in [-0.15, -0.1) is 0 Å². The Hall–Kier alpha value is -1.29. The van der Waals surface area contributed by atoms with E-state index in [1.807, 2.05) is 11.6 Å². The zero-order valence-corrected chi connectivity index (χ0v) is 10.8. The largest absolute Gasteiger partial charge is 0.504 e. The lowest BCUT2D eigenvalue weighted by atomic mass is 10.2. The number of ether oxygens (including phenoxy) is 1. The molecule has 0 aliphatic rings. The Balaban J connectivity index is 2.51. The second-order valence-corrected chi connectivity index (χ2v) is 4.24. The van der Waals surface area contributed by atoms with Gasteiger partial charge in [0.1, 0.15) is 7.05 Å². The van der Waals surface area contributed by atoms with Crippen molar-refractivity contribution in [2.75, 3.05) is 6.61 Å². The SMILES string of the molecule is CCCCCCOc1c[n+](C)c(CN)cc1O. The van der Waals surface area contributed by atoms with Gasteiger partial charge in [-0.1, -0.05) is 26.2 Å². The monoisotopic (exact) mass is 239 g/mol. The van der Waals surface area contributed by atoms with Crippen LogP contribution in [-0.2, 0) is 13.6 Å². The maximum Gasteiger partial charge on any atom is 0.225 e. The highest BCUT2D eigenvalue weighted by Gasteiger charge is 2.12. The summed E-state index contributed by atoms with van der Waals surface area (Å²) in [5.74, 6) is 0.695. The quantitative estimate of drug-likeness (QED) is 0.561. The zero-order chi connectivity index (χ0) is 12.7. The van der Waals surface area contributed by atoms with E-state index in [4.69, 9.17) is 10.5 Å². The van der Waals surface area contributed by atoms with Gasteiger partial charge in [-0.25, -0.2) is 4.57 Å². The Kier molecular flexibility index (Phi) is 5.77. The fraction of sp³-hybridized carbons (Fsp3) is 0.615. The van der Waals surface area contributed by atoms with Gasteiger partial charge in [0.05, 0.1) is 19.2 Å². The summed E-state index contributed by atoms with van der Waals surface area (Å²) in [7, 11) is 1.89. The maximum atomic E-state index is 9.76. The van der Waals surface area contributed by atoms with E-state index in [0.717, 1.165) is 12.1 Å². The number of nitrogens with zero attached hydrogens (tertiary/aromatic N) is 1. The first-order valence-corrected chi connectivity index (χ1v) is 6.23. The van der Waals surface area contributed by atoms with E-state index in [0.29, 0.717) is 18.9 Å². The summed E-state index contributed by atoms with van der Waals surface area (Å²) in [5.41, 5.74) is 6.43. The third-order valence-electron chi connectivity index (χ3n) is 2.78. The van der Waals surface area contributed by atoms with E-state index in [-0.39, 0.29) is 5.75 Å². The molecule has 3 N–H and O–H groups in total. The van der Waals surface area contributed by atoms with Crippen LogP contribution in [0, 0.1) is 0 Å². The lowest BCUT2D eigenvalue weighted by Crippen LogP contribution is -2.34. The van der Waals surface area contributed by atoms with E-state index in [9.17, 15) is 5.11 Å². The average Bonchev–Trinajstić information content (AvgIpc) is 2.32. The fourth-order valence-corrected chi connectivity index (χ4v) is 1.68. The van der Waals surface area contributed by atoms with Crippen molar-refractivity contribution in [3.63, 3.8) is 0 Å². The third-order valence-corrected chi connectivity index (χ3v) is 2.78. The Morgan fingerprint density at radius 3 is 2.76 bits per heavy atom. The molecule has 0 saturated carbocycles. The number of hydrogen-bond acceptors (Lipinski definition) is 3. The molecule has 0 aliphatic heterocycles. The Labute approximate surface area is 103 Å². The summed E-state index contributed by atoms with van der Waals surface area (Å²) in [6.07, 6.45) is 6.41. The fourth-order valence-electron chi connectivity index (χ4n) is 1.68. The number of nitrogens with two attached hydrogens (primary N) is 1. The lowest BCUT2D eigenvalue weighted by Gasteiger charge is -2.07. The van der Waals surface area contributed by atoms with Crippen LogP contribution >= 0.6 is 0 Å². The highest BCUT2D eigenvalue weighted by atomic mass is 16.5. The van der Waals surface area contributed by atoms with Crippen LogP contribution in [0.3, 0.4) is 0 Å². The summed E-state index contributed by atoms with van der Waals surface area (Å²) in [6.45, 7) is 3.23. The van der Waals surface area contributed by atoms with Crippen molar-refractivity contribution in [1.82, 2.24) is 0 Å². The van der Waals surface area contributed by atoms with Crippen LogP contribution in [0.1, 0.15) is 38.3 Å². The van der Waals surface area contributed by atoms with Crippen molar-refractivity contribution in [1.29, 1.82) is 0 Å². The van der Waals surface area contributed by atoms with E-state index in [1.54, 1.807) is 12.3 Å². The van der Waals surface area contributed by atoms with Crippen LogP contribution in [0.5, 0.6) is 11.5 Å². The molecule has 4 heteroatoms. The molecular formula is C13H23N2O2+. The van der Waals surface area contributed by atoms with Crippen molar-refractivity contribution in [2.24, 2.45) is 12.8 Å². The number of rotatable bonds is 7. The molecule has 0 radical (unpaired) electrons. The predicted molar refractivity (Wildman–Crippen MR) is 66.8 cm³/mol. The third kappa shape index (κ3) is 4.23. The van der Waals surface area contributed by atoms with Gasteiger partial charge in [0.25, 0.3) is 0 Å². The topological polar surface area (TPSA) is 59.4 Å². The van der Waals surface area contributed by atoms with Crippen LogP contribution in [0.2, 0.25) is 0 Å². The number of hydrogen-bond donors (Lipinski definition) is 2. The highest BCUT2D eigenvalue weighted by molar-refractivity contribution is 5.35. The predicted octanol–water partition coefficient (Wildman–Crippen LogP) is 1.63. The minimum atomic E-state index is 0.166. The second-order valence-electron chi connectivity index (χ2n) is 4.24. The molecule has 17 heavy (non-hydrogen) atoms. The van der Waals surface area contributed by atoms with Crippen molar-refractivity contribution >= 4 is 0 Å². The summed E-state index contributed by atoms with van der Waals surface area (Å²) in [5, 5.41) is 9.76. The van der Waals surface area contributed by atoms with Crippen molar-refractivity contribution in [3.05, 3.63) is 18.0 Å². The number of aryl methyl sites for hydroxylation is 1. The average molecular weight is 239 g/mol. The van der Waals surface area contributed by atoms with Crippen molar-refractivity contribution < 1.29 is 14.4 Å². The lowest BCUT2D eigenvalue weighted by molar-refractivity contribution is -0.679.